The predicted molar refractivity (Wildman–Crippen MR) is 91.9 cm³/mol. The first-order chi connectivity index (χ1) is 11.1. The number of hydrogen-bond acceptors (Lipinski definition) is 4. The molecule has 0 spiro atoms. The van der Waals surface area contributed by atoms with Gasteiger partial charge in [-0.25, -0.2) is 10.4 Å². The quantitative estimate of drug-likeness (QED) is 0.574. The molecule has 0 fully saturated rings. The number of benzene rings is 1. The molecule has 3 aromatic rings. The van der Waals surface area contributed by atoms with Crippen molar-refractivity contribution in [1.82, 2.24) is 15.4 Å². The molecule has 0 bridgehead atoms. The van der Waals surface area contributed by atoms with Crippen molar-refractivity contribution < 1.29 is 4.79 Å². The van der Waals surface area contributed by atoms with E-state index < -0.39 is 0 Å². The van der Waals surface area contributed by atoms with Crippen molar-refractivity contribution in [2.75, 3.05) is 19.0 Å². The van der Waals surface area contributed by atoms with Gasteiger partial charge in [0.25, 0.3) is 5.91 Å². The fourth-order valence-corrected chi connectivity index (χ4v) is 2.23. The summed E-state index contributed by atoms with van der Waals surface area (Å²) in [5.74, 6) is -0.247. The number of rotatable bonds is 4. The van der Waals surface area contributed by atoms with E-state index in [0.717, 1.165) is 22.3 Å². The van der Waals surface area contributed by atoms with E-state index in [2.05, 4.69) is 20.5 Å². The number of hydrogen-bond donors (Lipinski definition) is 2. The van der Waals surface area contributed by atoms with Crippen molar-refractivity contribution in [2.45, 2.75) is 0 Å². The number of aromatic amines is 1. The summed E-state index contributed by atoms with van der Waals surface area (Å²) >= 11 is 0. The molecule has 0 saturated heterocycles. The Morgan fingerprint density at radius 2 is 2.17 bits per heavy atom. The molecule has 0 saturated carbocycles. The molecule has 2 aromatic heterocycles. The zero-order chi connectivity index (χ0) is 16.2. The Bertz CT molecular complexity index is 866. The van der Waals surface area contributed by atoms with Crippen LogP contribution in [-0.2, 0) is 0 Å². The highest BCUT2D eigenvalue weighted by atomic mass is 16.2. The van der Waals surface area contributed by atoms with E-state index in [-0.39, 0.29) is 5.91 Å². The first-order valence-corrected chi connectivity index (χ1v) is 7.18. The summed E-state index contributed by atoms with van der Waals surface area (Å²) < 4.78 is 0. The van der Waals surface area contributed by atoms with Crippen LogP contribution in [0.5, 0.6) is 0 Å². The number of nitrogens with zero attached hydrogens (tertiary/aromatic N) is 3. The number of H-pyrrole nitrogens is 1. The molecule has 0 unspecified atom stereocenters. The zero-order valence-electron chi connectivity index (χ0n) is 12.9. The van der Waals surface area contributed by atoms with Crippen LogP contribution in [0.3, 0.4) is 0 Å². The van der Waals surface area contributed by atoms with Gasteiger partial charge in [-0.05, 0) is 30.3 Å². The second-order valence-electron chi connectivity index (χ2n) is 5.29. The number of amides is 1. The molecule has 116 valence electrons. The molecule has 0 radical (unpaired) electrons. The molecule has 0 aliphatic carbocycles. The van der Waals surface area contributed by atoms with Gasteiger partial charge in [0.15, 0.2) is 0 Å². The summed E-state index contributed by atoms with van der Waals surface area (Å²) in [5, 5.41) is 4.99. The SMILES string of the molecule is CN(C)c1cccc(C(=O)N/N=C/c2c[nH]c3ncccc23)c1. The summed E-state index contributed by atoms with van der Waals surface area (Å²) in [7, 11) is 3.86. The van der Waals surface area contributed by atoms with Crippen LogP contribution < -0.4 is 10.3 Å². The fourth-order valence-electron chi connectivity index (χ4n) is 2.23. The second-order valence-corrected chi connectivity index (χ2v) is 5.29. The Morgan fingerprint density at radius 3 is 3.00 bits per heavy atom. The van der Waals surface area contributed by atoms with E-state index in [4.69, 9.17) is 0 Å². The van der Waals surface area contributed by atoms with Crippen molar-refractivity contribution in [3.63, 3.8) is 0 Å². The lowest BCUT2D eigenvalue weighted by Crippen LogP contribution is -2.18. The van der Waals surface area contributed by atoms with Crippen LogP contribution in [0.15, 0.2) is 53.9 Å². The highest BCUT2D eigenvalue weighted by Crippen LogP contribution is 2.14. The van der Waals surface area contributed by atoms with E-state index in [1.807, 2.05) is 49.3 Å². The number of carbonyl (C=O) groups excluding carboxylic acids is 1. The topological polar surface area (TPSA) is 73.4 Å². The number of fused-ring (bicyclic) bond motifs is 1. The van der Waals surface area contributed by atoms with Gasteiger partial charge in [-0.1, -0.05) is 6.07 Å². The molecule has 0 atom stereocenters. The Kier molecular flexibility index (Phi) is 4.05. The van der Waals surface area contributed by atoms with Crippen molar-refractivity contribution >= 4 is 28.8 Å². The van der Waals surface area contributed by atoms with Crippen LogP contribution in [0.2, 0.25) is 0 Å². The summed E-state index contributed by atoms with van der Waals surface area (Å²) in [6, 6.07) is 11.2. The van der Waals surface area contributed by atoms with E-state index in [0.29, 0.717) is 5.56 Å². The van der Waals surface area contributed by atoms with Gasteiger partial charge in [0.2, 0.25) is 0 Å². The summed E-state index contributed by atoms with van der Waals surface area (Å²) in [6.07, 6.45) is 5.13. The van der Waals surface area contributed by atoms with Crippen LogP contribution in [0.1, 0.15) is 15.9 Å². The van der Waals surface area contributed by atoms with Gasteiger partial charge in [0, 0.05) is 48.7 Å². The van der Waals surface area contributed by atoms with E-state index in [1.54, 1.807) is 24.7 Å². The van der Waals surface area contributed by atoms with Crippen LogP contribution >= 0.6 is 0 Å². The minimum atomic E-state index is -0.247. The predicted octanol–water partition coefficient (Wildman–Crippen LogP) is 2.39. The minimum absolute atomic E-state index is 0.247. The molecular weight excluding hydrogens is 290 g/mol. The molecular formula is C17H17N5O. The summed E-state index contributed by atoms with van der Waals surface area (Å²) in [5.41, 5.74) is 5.73. The highest BCUT2D eigenvalue weighted by molar-refractivity contribution is 5.99. The van der Waals surface area contributed by atoms with Crippen molar-refractivity contribution in [1.29, 1.82) is 0 Å². The maximum absolute atomic E-state index is 12.1. The van der Waals surface area contributed by atoms with Crippen molar-refractivity contribution in [3.05, 3.63) is 59.9 Å². The first kappa shape index (κ1) is 14.8. The molecule has 1 amide bonds. The smallest absolute Gasteiger partial charge is 0.271 e. The third kappa shape index (κ3) is 3.21. The molecule has 6 nitrogen and oxygen atoms in total. The van der Waals surface area contributed by atoms with Gasteiger partial charge >= 0.3 is 0 Å². The Labute approximate surface area is 133 Å². The number of carbonyl (C=O) groups is 1. The van der Waals surface area contributed by atoms with Crippen molar-refractivity contribution in [3.8, 4) is 0 Å². The molecule has 1 aromatic carbocycles. The maximum atomic E-state index is 12.1. The average Bonchev–Trinajstić information content (AvgIpc) is 2.98. The van der Waals surface area contributed by atoms with Crippen molar-refractivity contribution in [2.24, 2.45) is 5.10 Å². The molecule has 0 aliphatic rings. The van der Waals surface area contributed by atoms with Crippen LogP contribution in [0, 0.1) is 0 Å². The molecule has 0 aliphatic heterocycles. The van der Waals surface area contributed by atoms with E-state index in [9.17, 15) is 4.79 Å². The summed E-state index contributed by atoms with van der Waals surface area (Å²) in [4.78, 5) is 21.4. The van der Waals surface area contributed by atoms with E-state index in [1.165, 1.54) is 0 Å². The Morgan fingerprint density at radius 1 is 1.30 bits per heavy atom. The fraction of sp³-hybridized carbons (Fsp3) is 0.118. The molecule has 6 heteroatoms. The lowest BCUT2D eigenvalue weighted by molar-refractivity contribution is 0.0955. The normalized spacial score (nSPS) is 11.0. The van der Waals surface area contributed by atoms with Crippen LogP contribution in [0.4, 0.5) is 5.69 Å². The van der Waals surface area contributed by atoms with Gasteiger partial charge in [0.05, 0.1) is 6.21 Å². The number of nitrogens with one attached hydrogen (secondary N) is 2. The van der Waals surface area contributed by atoms with Gasteiger partial charge < -0.3 is 9.88 Å². The highest BCUT2D eigenvalue weighted by Gasteiger charge is 2.06. The molecule has 3 rings (SSSR count). The first-order valence-electron chi connectivity index (χ1n) is 7.18. The molecule has 2 N–H and O–H groups in total. The lowest BCUT2D eigenvalue weighted by Gasteiger charge is -2.12. The number of hydrazone groups is 1. The van der Waals surface area contributed by atoms with Crippen LogP contribution in [0.25, 0.3) is 11.0 Å². The average molecular weight is 307 g/mol. The third-order valence-electron chi connectivity index (χ3n) is 3.48. The second kappa shape index (κ2) is 6.31. The van der Waals surface area contributed by atoms with Gasteiger partial charge in [-0.3, -0.25) is 4.79 Å². The summed E-state index contributed by atoms with van der Waals surface area (Å²) in [6.45, 7) is 0. The van der Waals surface area contributed by atoms with Gasteiger partial charge in [0.1, 0.15) is 5.65 Å². The zero-order valence-corrected chi connectivity index (χ0v) is 12.9. The number of anilines is 1. The Balaban J connectivity index is 1.72. The van der Waals surface area contributed by atoms with Gasteiger partial charge in [-0.15, -0.1) is 0 Å². The van der Waals surface area contributed by atoms with E-state index >= 15 is 0 Å². The lowest BCUT2D eigenvalue weighted by atomic mass is 10.2. The minimum Gasteiger partial charge on any atom is -0.378 e. The van der Waals surface area contributed by atoms with Gasteiger partial charge in [-0.2, -0.15) is 5.10 Å². The Hall–Kier alpha value is -3.15. The number of aromatic nitrogens is 2. The van der Waals surface area contributed by atoms with Crippen LogP contribution in [-0.4, -0.2) is 36.2 Å². The molecule has 2 heterocycles. The monoisotopic (exact) mass is 307 g/mol. The molecule has 23 heavy (non-hydrogen) atoms. The third-order valence-corrected chi connectivity index (χ3v) is 3.48. The largest absolute Gasteiger partial charge is 0.378 e. The standard InChI is InChI=1S/C17H17N5O/c1-22(2)14-6-3-5-12(9-14)17(23)21-20-11-13-10-19-16-15(13)7-4-8-18-16/h3-11H,1-2H3,(H,18,19)(H,21,23)/b20-11+. The number of pyridine rings is 1. The maximum Gasteiger partial charge on any atom is 0.271 e.